The lowest BCUT2D eigenvalue weighted by molar-refractivity contribution is -0.114. The van der Waals surface area contributed by atoms with Gasteiger partial charge in [-0.3, -0.25) is 14.7 Å². The second-order valence-corrected chi connectivity index (χ2v) is 8.18. The van der Waals surface area contributed by atoms with Gasteiger partial charge in [0.2, 0.25) is 0 Å². The molecule has 0 radical (unpaired) electrons. The quantitative estimate of drug-likeness (QED) is 0.375. The van der Waals surface area contributed by atoms with Crippen molar-refractivity contribution < 1.29 is 9.53 Å². The fourth-order valence-corrected chi connectivity index (χ4v) is 4.42. The van der Waals surface area contributed by atoms with Crippen LogP contribution < -0.4 is 9.64 Å². The van der Waals surface area contributed by atoms with Crippen LogP contribution in [0, 0.1) is 0 Å². The highest BCUT2D eigenvalue weighted by Gasteiger charge is 2.19. The van der Waals surface area contributed by atoms with Crippen LogP contribution in [-0.2, 0) is 11.3 Å². The Labute approximate surface area is 176 Å². The van der Waals surface area contributed by atoms with Gasteiger partial charge in [-0.05, 0) is 60.3 Å². The number of rotatable bonds is 7. The summed E-state index contributed by atoms with van der Waals surface area (Å²) in [5, 5.41) is 2.65. The van der Waals surface area contributed by atoms with E-state index in [1.54, 1.807) is 34.7 Å². The summed E-state index contributed by atoms with van der Waals surface area (Å²) < 4.78 is 6.57. The molecular formula is C22H19N3O2S2. The minimum Gasteiger partial charge on any atom is -0.494 e. The van der Waals surface area contributed by atoms with Crippen molar-refractivity contribution in [2.45, 2.75) is 13.5 Å². The van der Waals surface area contributed by atoms with Crippen LogP contribution in [0.5, 0.6) is 5.75 Å². The summed E-state index contributed by atoms with van der Waals surface area (Å²) in [6, 6.07) is 13.6. The number of hydrogen-bond acceptors (Lipinski definition) is 6. The Morgan fingerprint density at radius 3 is 2.83 bits per heavy atom. The Bertz CT molecular complexity index is 1120. The molecule has 146 valence electrons. The van der Waals surface area contributed by atoms with Crippen LogP contribution in [0.1, 0.15) is 17.4 Å². The molecule has 0 saturated heterocycles. The average Bonchev–Trinajstić information content (AvgIpc) is 3.40. The van der Waals surface area contributed by atoms with E-state index in [-0.39, 0.29) is 5.91 Å². The smallest absolute Gasteiger partial charge is 0.253 e. The van der Waals surface area contributed by atoms with Crippen molar-refractivity contribution in [3.63, 3.8) is 0 Å². The fraction of sp³-hybridized carbons (Fsp3) is 0.136. The number of ether oxygens (including phenoxy) is 1. The molecule has 0 fully saturated rings. The van der Waals surface area contributed by atoms with E-state index in [9.17, 15) is 4.79 Å². The monoisotopic (exact) mass is 421 g/mol. The number of benzene rings is 1. The van der Waals surface area contributed by atoms with Gasteiger partial charge in [0.1, 0.15) is 5.75 Å². The van der Waals surface area contributed by atoms with Crippen molar-refractivity contribution in [1.29, 1.82) is 0 Å². The Hall–Kier alpha value is -3.03. The summed E-state index contributed by atoms with van der Waals surface area (Å²) in [7, 11) is 0. The van der Waals surface area contributed by atoms with Crippen LogP contribution in [0.2, 0.25) is 0 Å². The van der Waals surface area contributed by atoms with Gasteiger partial charge in [-0.15, -0.1) is 11.3 Å². The molecule has 1 aromatic carbocycles. The number of carbonyl (C=O) groups excluding carboxylic acids is 1. The van der Waals surface area contributed by atoms with Crippen LogP contribution in [-0.4, -0.2) is 22.5 Å². The van der Waals surface area contributed by atoms with Gasteiger partial charge in [-0.2, -0.15) is 0 Å². The second kappa shape index (κ2) is 8.98. The molecule has 0 aliphatic carbocycles. The molecule has 1 amide bonds. The highest BCUT2D eigenvalue weighted by molar-refractivity contribution is 7.22. The van der Waals surface area contributed by atoms with Crippen molar-refractivity contribution in [2.75, 3.05) is 11.5 Å². The van der Waals surface area contributed by atoms with Crippen LogP contribution in [0.15, 0.2) is 66.3 Å². The Balaban J connectivity index is 1.67. The van der Waals surface area contributed by atoms with Crippen molar-refractivity contribution in [3.8, 4) is 5.75 Å². The predicted molar refractivity (Wildman–Crippen MR) is 120 cm³/mol. The topological polar surface area (TPSA) is 55.3 Å². The molecule has 4 rings (SSSR count). The number of carbonyl (C=O) groups is 1. The van der Waals surface area contributed by atoms with Crippen molar-refractivity contribution >= 4 is 50.0 Å². The largest absolute Gasteiger partial charge is 0.494 e. The van der Waals surface area contributed by atoms with Crippen LogP contribution in [0.25, 0.3) is 16.3 Å². The normalized spacial score (nSPS) is 11.2. The van der Waals surface area contributed by atoms with E-state index in [0.717, 1.165) is 26.4 Å². The summed E-state index contributed by atoms with van der Waals surface area (Å²) in [6.45, 7) is 2.99. The molecule has 3 aromatic heterocycles. The lowest BCUT2D eigenvalue weighted by Crippen LogP contribution is -2.28. The summed E-state index contributed by atoms with van der Waals surface area (Å²) in [5.41, 5.74) is 1.84. The second-order valence-electron chi connectivity index (χ2n) is 6.19. The summed E-state index contributed by atoms with van der Waals surface area (Å²) in [5.74, 6) is 0.694. The molecule has 4 aromatic rings. The number of hydrogen-bond donors (Lipinski definition) is 0. The number of thiazole rings is 1. The molecule has 3 heterocycles. The van der Waals surface area contributed by atoms with Gasteiger partial charge < -0.3 is 4.74 Å². The predicted octanol–water partition coefficient (Wildman–Crippen LogP) is 5.40. The van der Waals surface area contributed by atoms with Crippen molar-refractivity contribution in [3.05, 3.63) is 76.8 Å². The van der Waals surface area contributed by atoms with Gasteiger partial charge in [-0.25, -0.2) is 4.98 Å². The maximum absolute atomic E-state index is 13.1. The van der Waals surface area contributed by atoms with E-state index in [4.69, 9.17) is 9.72 Å². The van der Waals surface area contributed by atoms with Crippen LogP contribution >= 0.6 is 22.7 Å². The Kier molecular flexibility index (Phi) is 5.97. The van der Waals surface area contributed by atoms with Gasteiger partial charge in [0.25, 0.3) is 5.91 Å². The minimum absolute atomic E-state index is 0.112. The first-order valence-electron chi connectivity index (χ1n) is 9.18. The van der Waals surface area contributed by atoms with Gasteiger partial charge >= 0.3 is 0 Å². The lowest BCUT2D eigenvalue weighted by Gasteiger charge is -2.18. The molecule has 29 heavy (non-hydrogen) atoms. The highest BCUT2D eigenvalue weighted by Crippen LogP contribution is 2.32. The van der Waals surface area contributed by atoms with Crippen molar-refractivity contribution in [1.82, 2.24) is 9.97 Å². The number of thiophene rings is 1. The molecule has 0 spiro atoms. The first kappa shape index (κ1) is 19.3. The van der Waals surface area contributed by atoms with E-state index >= 15 is 0 Å². The van der Waals surface area contributed by atoms with Crippen LogP contribution in [0.4, 0.5) is 5.13 Å². The fourth-order valence-electron chi connectivity index (χ4n) is 2.80. The average molecular weight is 422 g/mol. The molecule has 0 bridgehead atoms. The van der Waals surface area contributed by atoms with Crippen molar-refractivity contribution in [2.24, 2.45) is 0 Å². The first-order chi connectivity index (χ1) is 14.2. The van der Waals surface area contributed by atoms with Gasteiger partial charge in [-0.1, -0.05) is 17.4 Å². The summed E-state index contributed by atoms with van der Waals surface area (Å²) in [4.78, 5) is 24.6. The Morgan fingerprint density at radius 1 is 1.21 bits per heavy atom. The van der Waals surface area contributed by atoms with E-state index < -0.39 is 0 Å². The van der Waals surface area contributed by atoms with Gasteiger partial charge in [0.05, 0.1) is 23.4 Å². The molecule has 0 unspecified atom stereocenters. The van der Waals surface area contributed by atoms with Crippen LogP contribution in [0.3, 0.4) is 0 Å². The number of nitrogens with zero attached hydrogens (tertiary/aromatic N) is 3. The molecular weight excluding hydrogens is 402 g/mol. The first-order valence-corrected chi connectivity index (χ1v) is 10.9. The third-order valence-corrected chi connectivity index (χ3v) is 6.06. The Morgan fingerprint density at radius 2 is 2.07 bits per heavy atom. The molecule has 5 nitrogen and oxygen atoms in total. The lowest BCUT2D eigenvalue weighted by atomic mass is 10.2. The van der Waals surface area contributed by atoms with E-state index in [1.807, 2.05) is 60.8 Å². The number of amides is 1. The summed E-state index contributed by atoms with van der Waals surface area (Å²) >= 11 is 3.08. The van der Waals surface area contributed by atoms with E-state index in [1.165, 1.54) is 11.3 Å². The maximum Gasteiger partial charge on any atom is 0.253 e. The minimum atomic E-state index is -0.112. The zero-order valence-corrected chi connectivity index (χ0v) is 17.5. The SMILES string of the molecule is CCOc1ccc2nc(N(Cc3ccncc3)C(=O)C=Cc3cccs3)sc2c1. The van der Waals surface area contributed by atoms with Gasteiger partial charge in [0, 0.05) is 23.3 Å². The molecule has 0 aliphatic rings. The van der Waals surface area contributed by atoms with Gasteiger partial charge in [0.15, 0.2) is 5.13 Å². The molecule has 7 heteroatoms. The zero-order chi connectivity index (χ0) is 20.1. The number of aromatic nitrogens is 2. The molecule has 0 atom stereocenters. The zero-order valence-electron chi connectivity index (χ0n) is 15.8. The molecule has 0 N–H and O–H groups in total. The third-order valence-electron chi connectivity index (χ3n) is 4.18. The van der Waals surface area contributed by atoms with E-state index in [0.29, 0.717) is 18.3 Å². The summed E-state index contributed by atoms with van der Waals surface area (Å²) in [6.07, 6.45) is 6.90. The number of anilines is 1. The highest BCUT2D eigenvalue weighted by atomic mass is 32.1. The number of fused-ring (bicyclic) bond motifs is 1. The standard InChI is InChI=1S/C22H19N3O2S2/c1-2-27-17-5-7-19-20(14-17)29-22(24-19)25(15-16-9-11-23-12-10-16)21(26)8-6-18-4-3-13-28-18/h3-14H,2,15H2,1H3. The molecule has 0 aliphatic heterocycles. The third kappa shape index (κ3) is 4.70. The maximum atomic E-state index is 13.1. The molecule has 0 saturated carbocycles. The number of pyridine rings is 1. The van der Waals surface area contributed by atoms with E-state index in [2.05, 4.69) is 4.98 Å².